The molecule has 0 spiro atoms. The van der Waals surface area contributed by atoms with Gasteiger partial charge in [-0.2, -0.15) is 5.10 Å². The summed E-state index contributed by atoms with van der Waals surface area (Å²) in [5.74, 6) is 0.749. The lowest BCUT2D eigenvalue weighted by atomic mass is 9.16. The zero-order chi connectivity index (χ0) is 26.0. The van der Waals surface area contributed by atoms with Crippen LogP contribution in [0.5, 0.6) is 0 Å². The second kappa shape index (κ2) is 6.98. The average Bonchev–Trinajstić information content (AvgIpc) is 3.52. The van der Waals surface area contributed by atoms with E-state index < -0.39 is 11.7 Å². The first-order valence-corrected chi connectivity index (χ1v) is 12.8. The van der Waals surface area contributed by atoms with E-state index in [2.05, 4.69) is 50.8 Å². The predicted octanol–water partition coefficient (Wildman–Crippen LogP) is 1.33. The van der Waals surface area contributed by atoms with E-state index in [1.165, 1.54) is 17.0 Å². The van der Waals surface area contributed by atoms with Crippen molar-refractivity contribution in [3.05, 3.63) is 75.7 Å². The molecule has 3 heterocycles. The molecule has 3 saturated carbocycles. The number of nitrogens with one attached hydrogen (secondary N) is 3. The molecule has 3 aromatic heterocycles. The van der Waals surface area contributed by atoms with Gasteiger partial charge in [0, 0.05) is 36.2 Å². The van der Waals surface area contributed by atoms with E-state index in [0.29, 0.717) is 35.1 Å². The molecule has 11 heteroatoms. The van der Waals surface area contributed by atoms with Gasteiger partial charge in [0.2, 0.25) is 0 Å². The third-order valence-corrected chi connectivity index (χ3v) is 9.52. The number of amides is 2. The van der Waals surface area contributed by atoms with E-state index in [1.807, 2.05) is 0 Å². The standard InChI is InChI=1S/C27H25N7O4/c1-33(2)27-10-14-22(27)21-15(27)9-26(14,21)12-29-24(36)18-8-17(31-20-5-6-30-34(18)20)23(35)28-11-13-3-4-19-16(7-13)32-25(37)38-19/h3-9,14,21-22H,10-12H2,1-2H3,(H,28,35)(H,29,36)(H,32,37). The number of aromatic amines is 1. The molecular formula is C27H25N7O4. The van der Waals surface area contributed by atoms with Crippen LogP contribution in [0.15, 0.2) is 57.4 Å². The molecule has 11 nitrogen and oxygen atoms in total. The summed E-state index contributed by atoms with van der Waals surface area (Å²) in [6.07, 6.45) is 5.13. The summed E-state index contributed by atoms with van der Waals surface area (Å²) < 4.78 is 6.48. The van der Waals surface area contributed by atoms with Crippen molar-refractivity contribution in [1.29, 1.82) is 0 Å². The van der Waals surface area contributed by atoms with Crippen LogP contribution in [0.2, 0.25) is 0 Å². The number of rotatable bonds is 7. The second-order valence-corrected chi connectivity index (χ2v) is 11.2. The molecule has 3 fully saturated rings. The molecule has 3 N–H and O–H groups in total. The van der Waals surface area contributed by atoms with Crippen LogP contribution in [0.25, 0.3) is 16.7 Å². The highest BCUT2D eigenvalue weighted by Crippen LogP contribution is 2.89. The highest BCUT2D eigenvalue weighted by Gasteiger charge is 2.88. The Bertz CT molecular complexity index is 1800. The van der Waals surface area contributed by atoms with E-state index in [1.54, 1.807) is 36.0 Å². The van der Waals surface area contributed by atoms with E-state index in [4.69, 9.17) is 4.42 Å². The SMILES string of the molecule is CN(C)C12CC3C1C1C2=CC31CNC(=O)c1cc(C(=O)NCc2ccc3oc(=O)[nH]c3c2)nc2ccnn12. The summed E-state index contributed by atoms with van der Waals surface area (Å²) >= 11 is 0. The third-order valence-electron chi connectivity index (χ3n) is 9.52. The number of hydrogen-bond donors (Lipinski definition) is 3. The largest absolute Gasteiger partial charge is 0.417 e. The van der Waals surface area contributed by atoms with Crippen LogP contribution in [0, 0.1) is 23.2 Å². The Morgan fingerprint density at radius 2 is 2.08 bits per heavy atom. The summed E-state index contributed by atoms with van der Waals surface area (Å²) in [6.45, 7) is 0.807. The number of carbonyl (C=O) groups is 2. The van der Waals surface area contributed by atoms with Gasteiger partial charge >= 0.3 is 5.76 Å². The molecule has 0 bridgehead atoms. The Morgan fingerprint density at radius 1 is 1.21 bits per heavy atom. The van der Waals surface area contributed by atoms with E-state index >= 15 is 0 Å². The van der Waals surface area contributed by atoms with E-state index in [-0.39, 0.29) is 34.8 Å². The molecule has 2 amide bonds. The minimum atomic E-state index is -0.530. The summed E-state index contributed by atoms with van der Waals surface area (Å²) in [6, 6.07) is 8.32. The minimum Gasteiger partial charge on any atom is -0.408 e. The van der Waals surface area contributed by atoms with Crippen molar-refractivity contribution < 1.29 is 14.0 Å². The van der Waals surface area contributed by atoms with Crippen LogP contribution in [0.3, 0.4) is 0 Å². The number of H-pyrrole nitrogens is 1. The van der Waals surface area contributed by atoms with Gasteiger partial charge in [-0.25, -0.2) is 14.3 Å². The molecule has 8 rings (SSSR count). The van der Waals surface area contributed by atoms with Gasteiger partial charge in [0.15, 0.2) is 11.2 Å². The van der Waals surface area contributed by atoms with Crippen LogP contribution in [-0.2, 0) is 6.54 Å². The highest BCUT2D eigenvalue weighted by atomic mass is 16.4. The molecule has 0 aliphatic heterocycles. The Hall–Kier alpha value is -4.25. The van der Waals surface area contributed by atoms with Crippen LogP contribution in [0.1, 0.15) is 33.0 Å². The molecule has 0 saturated heterocycles. The van der Waals surface area contributed by atoms with Crippen molar-refractivity contribution >= 4 is 28.6 Å². The Kier molecular flexibility index (Phi) is 4.01. The summed E-state index contributed by atoms with van der Waals surface area (Å²) in [5.41, 5.74) is 4.53. The Morgan fingerprint density at radius 3 is 2.82 bits per heavy atom. The van der Waals surface area contributed by atoms with Crippen molar-refractivity contribution in [1.82, 2.24) is 35.1 Å². The van der Waals surface area contributed by atoms with Gasteiger partial charge in [-0.15, -0.1) is 0 Å². The van der Waals surface area contributed by atoms with Crippen LogP contribution in [0.4, 0.5) is 0 Å². The summed E-state index contributed by atoms with van der Waals surface area (Å²) in [4.78, 5) is 47.1. The molecular weight excluding hydrogens is 486 g/mol. The Labute approximate surface area is 215 Å². The molecule has 5 unspecified atom stereocenters. The first-order valence-electron chi connectivity index (χ1n) is 12.8. The number of carbonyl (C=O) groups excluding carboxylic acids is 2. The van der Waals surface area contributed by atoms with Crippen molar-refractivity contribution in [3.8, 4) is 0 Å². The lowest BCUT2D eigenvalue weighted by Gasteiger charge is -2.91. The van der Waals surface area contributed by atoms with Gasteiger partial charge in [0.25, 0.3) is 11.8 Å². The third kappa shape index (κ3) is 2.49. The van der Waals surface area contributed by atoms with Crippen molar-refractivity contribution in [2.45, 2.75) is 18.5 Å². The maximum atomic E-state index is 13.3. The molecule has 4 aliphatic carbocycles. The van der Waals surface area contributed by atoms with E-state index in [0.717, 1.165) is 11.5 Å². The van der Waals surface area contributed by atoms with Crippen molar-refractivity contribution in [3.63, 3.8) is 0 Å². The number of nitrogens with zero attached hydrogens (tertiary/aromatic N) is 4. The number of fused-ring (bicyclic) bond motifs is 4. The molecule has 38 heavy (non-hydrogen) atoms. The smallest absolute Gasteiger partial charge is 0.408 e. The van der Waals surface area contributed by atoms with Gasteiger partial charge in [0.05, 0.1) is 11.7 Å². The maximum Gasteiger partial charge on any atom is 0.417 e. The first kappa shape index (κ1) is 21.8. The summed E-state index contributed by atoms with van der Waals surface area (Å²) in [5, 5.41) is 10.2. The number of benzene rings is 1. The molecule has 0 radical (unpaired) electrons. The van der Waals surface area contributed by atoms with Gasteiger partial charge in [-0.3, -0.25) is 19.5 Å². The zero-order valence-electron chi connectivity index (χ0n) is 20.8. The number of likely N-dealkylation sites (N-methyl/N-ethyl adjacent to an activating group) is 1. The quantitative estimate of drug-likeness (QED) is 0.318. The van der Waals surface area contributed by atoms with Gasteiger partial charge in [-0.05, 0) is 61.5 Å². The number of hydrogen-bond acceptors (Lipinski definition) is 7. The fraction of sp³-hybridized carbons (Fsp3) is 0.370. The van der Waals surface area contributed by atoms with Crippen molar-refractivity contribution in [2.75, 3.05) is 20.6 Å². The fourth-order valence-corrected chi connectivity index (χ4v) is 7.75. The Balaban J connectivity index is 0.994. The number of aromatic nitrogens is 4. The highest BCUT2D eigenvalue weighted by molar-refractivity contribution is 5.98. The van der Waals surface area contributed by atoms with Gasteiger partial charge in [0.1, 0.15) is 11.4 Å². The van der Waals surface area contributed by atoms with E-state index in [9.17, 15) is 14.4 Å². The average molecular weight is 512 g/mol. The van der Waals surface area contributed by atoms with Gasteiger partial charge < -0.3 is 15.1 Å². The fourth-order valence-electron chi connectivity index (χ4n) is 7.75. The number of oxazole rings is 1. The normalized spacial score (nSPS) is 29.6. The van der Waals surface area contributed by atoms with Gasteiger partial charge in [-0.1, -0.05) is 12.1 Å². The topological polar surface area (TPSA) is 138 Å². The summed E-state index contributed by atoms with van der Waals surface area (Å²) in [7, 11) is 4.33. The zero-order valence-corrected chi connectivity index (χ0v) is 20.8. The van der Waals surface area contributed by atoms with Crippen LogP contribution >= 0.6 is 0 Å². The van der Waals surface area contributed by atoms with Crippen LogP contribution in [-0.4, -0.2) is 62.5 Å². The molecule has 192 valence electrons. The molecule has 4 aliphatic rings. The maximum absolute atomic E-state index is 13.3. The monoisotopic (exact) mass is 511 g/mol. The first-order chi connectivity index (χ1) is 18.3. The molecule has 1 aromatic carbocycles. The van der Waals surface area contributed by atoms with Crippen LogP contribution < -0.4 is 16.4 Å². The lowest BCUT2D eigenvalue weighted by molar-refractivity contribution is -0.314. The molecule has 5 atom stereocenters. The molecule has 4 aromatic rings. The van der Waals surface area contributed by atoms with Crippen molar-refractivity contribution in [2.24, 2.45) is 23.2 Å². The lowest BCUT2D eigenvalue weighted by Crippen LogP contribution is -2.92. The minimum absolute atomic E-state index is 0.0876. The predicted molar refractivity (Wildman–Crippen MR) is 135 cm³/mol. The second-order valence-electron chi connectivity index (χ2n) is 11.2.